The molecule has 0 aliphatic carbocycles. The monoisotopic (exact) mass is 385 g/mol. The van der Waals surface area contributed by atoms with Gasteiger partial charge in [0.05, 0.1) is 25.7 Å². The lowest BCUT2D eigenvalue weighted by Gasteiger charge is -2.10. The Bertz CT molecular complexity index is 905. The molecule has 1 heterocycles. The highest BCUT2D eigenvalue weighted by atomic mass is 32.2. The molecule has 0 aliphatic heterocycles. The summed E-state index contributed by atoms with van der Waals surface area (Å²) < 4.78 is 12.0. The van der Waals surface area contributed by atoms with Gasteiger partial charge in [-0.15, -0.1) is 5.10 Å². The predicted molar refractivity (Wildman–Crippen MR) is 103 cm³/mol. The Balaban J connectivity index is 1.65. The smallest absolute Gasteiger partial charge is 0.234 e. The minimum Gasteiger partial charge on any atom is -0.497 e. The first kappa shape index (κ1) is 18.7. The van der Waals surface area contributed by atoms with Crippen LogP contribution in [0.1, 0.15) is 5.56 Å². The van der Waals surface area contributed by atoms with Crippen molar-refractivity contribution in [3.05, 3.63) is 48.0 Å². The highest BCUT2D eigenvalue weighted by molar-refractivity contribution is 7.99. The molecule has 0 radical (unpaired) electrons. The number of benzene rings is 2. The molecule has 0 bridgehead atoms. The number of nitrogens with zero attached hydrogens (tertiary/aromatic N) is 4. The van der Waals surface area contributed by atoms with Crippen LogP contribution in [-0.2, 0) is 4.79 Å². The summed E-state index contributed by atoms with van der Waals surface area (Å²) in [5.41, 5.74) is 2.58. The van der Waals surface area contributed by atoms with E-state index in [-0.39, 0.29) is 11.7 Å². The van der Waals surface area contributed by atoms with Crippen molar-refractivity contribution in [1.82, 2.24) is 20.2 Å². The fraction of sp³-hybridized carbons (Fsp3) is 0.222. The molecule has 0 fully saturated rings. The van der Waals surface area contributed by atoms with Crippen molar-refractivity contribution in [3.63, 3.8) is 0 Å². The molecule has 140 valence electrons. The Labute approximate surface area is 160 Å². The predicted octanol–water partition coefficient (Wildman–Crippen LogP) is 2.72. The number of rotatable bonds is 7. The van der Waals surface area contributed by atoms with Crippen LogP contribution in [0.4, 0.5) is 5.69 Å². The van der Waals surface area contributed by atoms with Gasteiger partial charge < -0.3 is 14.8 Å². The quantitative estimate of drug-likeness (QED) is 0.625. The minimum atomic E-state index is -0.186. The molecular formula is C18H19N5O3S. The van der Waals surface area contributed by atoms with Crippen LogP contribution in [0.25, 0.3) is 5.69 Å². The summed E-state index contributed by atoms with van der Waals surface area (Å²) >= 11 is 1.25. The number of carbonyl (C=O) groups is 1. The molecule has 0 spiro atoms. The molecule has 0 saturated heterocycles. The molecular weight excluding hydrogens is 366 g/mol. The van der Waals surface area contributed by atoms with Crippen molar-refractivity contribution in [2.75, 3.05) is 25.3 Å². The van der Waals surface area contributed by atoms with Gasteiger partial charge >= 0.3 is 0 Å². The average molecular weight is 385 g/mol. The maximum absolute atomic E-state index is 12.3. The molecule has 0 atom stereocenters. The number of amides is 1. The zero-order valence-corrected chi connectivity index (χ0v) is 16.0. The number of carbonyl (C=O) groups excluding carboxylic acids is 1. The van der Waals surface area contributed by atoms with Gasteiger partial charge in [-0.25, -0.2) is 0 Å². The van der Waals surface area contributed by atoms with Crippen LogP contribution in [-0.4, -0.2) is 46.1 Å². The molecule has 8 nitrogen and oxygen atoms in total. The topological polar surface area (TPSA) is 91.2 Å². The summed E-state index contributed by atoms with van der Waals surface area (Å²) in [5.74, 6) is 1.17. The molecule has 1 amide bonds. The molecule has 0 unspecified atom stereocenters. The van der Waals surface area contributed by atoms with Crippen LogP contribution in [0.5, 0.6) is 11.5 Å². The van der Waals surface area contributed by atoms with Crippen LogP contribution >= 0.6 is 11.8 Å². The zero-order chi connectivity index (χ0) is 19.2. The first-order valence-corrected chi connectivity index (χ1v) is 9.09. The SMILES string of the molecule is COc1cc(NC(=O)CSc2nnnn2-c2ccc(C)cc2)cc(OC)c1. The van der Waals surface area contributed by atoms with Gasteiger partial charge in [-0.05, 0) is 29.5 Å². The van der Waals surface area contributed by atoms with Crippen LogP contribution in [0.2, 0.25) is 0 Å². The molecule has 2 aromatic carbocycles. The van der Waals surface area contributed by atoms with E-state index in [0.717, 1.165) is 11.3 Å². The molecule has 9 heteroatoms. The number of hydrogen-bond donors (Lipinski definition) is 1. The second-order valence-corrected chi connectivity index (χ2v) is 6.59. The molecule has 3 aromatic rings. The van der Waals surface area contributed by atoms with E-state index in [1.807, 2.05) is 31.2 Å². The molecule has 3 rings (SSSR count). The number of aromatic nitrogens is 4. The number of ether oxygens (including phenoxy) is 2. The fourth-order valence-corrected chi connectivity index (χ4v) is 3.01. The van der Waals surface area contributed by atoms with Crippen molar-refractivity contribution < 1.29 is 14.3 Å². The number of methoxy groups -OCH3 is 2. The first-order valence-electron chi connectivity index (χ1n) is 8.10. The second kappa shape index (κ2) is 8.54. The third kappa shape index (κ3) is 4.76. The van der Waals surface area contributed by atoms with Crippen LogP contribution in [0.3, 0.4) is 0 Å². The summed E-state index contributed by atoms with van der Waals surface area (Å²) in [6, 6.07) is 13.0. The van der Waals surface area contributed by atoms with Gasteiger partial charge in [-0.2, -0.15) is 4.68 Å². The van der Waals surface area contributed by atoms with E-state index >= 15 is 0 Å². The number of thioether (sulfide) groups is 1. The molecule has 0 aliphatic rings. The number of tetrazole rings is 1. The number of nitrogens with one attached hydrogen (secondary N) is 1. The van der Waals surface area contributed by atoms with Gasteiger partial charge in [-0.1, -0.05) is 29.5 Å². The average Bonchev–Trinajstić information content (AvgIpc) is 3.15. The van der Waals surface area contributed by atoms with Gasteiger partial charge in [0.15, 0.2) is 0 Å². The normalized spacial score (nSPS) is 10.5. The highest BCUT2D eigenvalue weighted by Crippen LogP contribution is 2.26. The van der Waals surface area contributed by atoms with E-state index in [0.29, 0.717) is 22.3 Å². The molecule has 0 saturated carbocycles. The summed E-state index contributed by atoms with van der Waals surface area (Å²) in [7, 11) is 3.11. The summed E-state index contributed by atoms with van der Waals surface area (Å²) in [5, 5.41) is 15.1. The van der Waals surface area contributed by atoms with E-state index in [2.05, 4.69) is 20.8 Å². The van der Waals surface area contributed by atoms with Crippen molar-refractivity contribution in [3.8, 4) is 17.2 Å². The van der Waals surface area contributed by atoms with E-state index in [1.165, 1.54) is 11.8 Å². The lowest BCUT2D eigenvalue weighted by Crippen LogP contribution is -2.14. The third-order valence-electron chi connectivity index (χ3n) is 3.69. The fourth-order valence-electron chi connectivity index (χ4n) is 2.32. The van der Waals surface area contributed by atoms with E-state index in [1.54, 1.807) is 37.1 Å². The zero-order valence-electron chi connectivity index (χ0n) is 15.2. The van der Waals surface area contributed by atoms with Gasteiger partial charge in [-0.3, -0.25) is 4.79 Å². The highest BCUT2D eigenvalue weighted by Gasteiger charge is 2.12. The Morgan fingerprint density at radius 2 is 1.78 bits per heavy atom. The van der Waals surface area contributed by atoms with Crippen molar-refractivity contribution in [1.29, 1.82) is 0 Å². The van der Waals surface area contributed by atoms with E-state index < -0.39 is 0 Å². The van der Waals surface area contributed by atoms with Gasteiger partial charge in [0, 0.05) is 23.9 Å². The molecule has 1 aromatic heterocycles. The largest absolute Gasteiger partial charge is 0.497 e. The summed E-state index contributed by atoms with van der Waals surface area (Å²) in [6.45, 7) is 2.01. The Kier molecular flexibility index (Phi) is 5.92. The van der Waals surface area contributed by atoms with E-state index in [4.69, 9.17) is 9.47 Å². The van der Waals surface area contributed by atoms with Gasteiger partial charge in [0.25, 0.3) is 0 Å². The maximum atomic E-state index is 12.3. The molecule has 27 heavy (non-hydrogen) atoms. The Morgan fingerprint density at radius 3 is 2.41 bits per heavy atom. The van der Waals surface area contributed by atoms with Crippen LogP contribution in [0, 0.1) is 6.92 Å². The lowest BCUT2D eigenvalue weighted by atomic mass is 10.2. The summed E-state index contributed by atoms with van der Waals surface area (Å²) in [4.78, 5) is 12.3. The van der Waals surface area contributed by atoms with Gasteiger partial charge in [0.1, 0.15) is 11.5 Å². The van der Waals surface area contributed by atoms with Crippen molar-refractivity contribution in [2.45, 2.75) is 12.1 Å². The Hall–Kier alpha value is -3.07. The lowest BCUT2D eigenvalue weighted by molar-refractivity contribution is -0.113. The standard InChI is InChI=1S/C18H19N5O3S/c1-12-4-6-14(7-5-12)23-18(20-21-22-23)27-11-17(24)19-13-8-15(25-2)10-16(9-13)26-3/h4-10H,11H2,1-3H3,(H,19,24). The van der Waals surface area contributed by atoms with Crippen LogP contribution in [0.15, 0.2) is 47.6 Å². The number of anilines is 1. The third-order valence-corrected chi connectivity index (χ3v) is 4.61. The van der Waals surface area contributed by atoms with Crippen molar-refractivity contribution in [2.24, 2.45) is 0 Å². The second-order valence-electron chi connectivity index (χ2n) is 5.65. The van der Waals surface area contributed by atoms with Crippen LogP contribution < -0.4 is 14.8 Å². The first-order chi connectivity index (χ1) is 13.1. The Morgan fingerprint density at radius 1 is 1.11 bits per heavy atom. The maximum Gasteiger partial charge on any atom is 0.234 e. The minimum absolute atomic E-state index is 0.158. The van der Waals surface area contributed by atoms with Crippen molar-refractivity contribution >= 4 is 23.4 Å². The number of hydrogen-bond acceptors (Lipinski definition) is 7. The van der Waals surface area contributed by atoms with Gasteiger partial charge in [0.2, 0.25) is 11.1 Å². The molecule has 1 N–H and O–H groups in total. The summed E-state index contributed by atoms with van der Waals surface area (Å²) in [6.07, 6.45) is 0. The van der Waals surface area contributed by atoms with E-state index in [9.17, 15) is 4.79 Å². The number of aryl methyl sites for hydroxylation is 1.